The summed E-state index contributed by atoms with van der Waals surface area (Å²) >= 11 is 6.06. The van der Waals surface area contributed by atoms with Gasteiger partial charge in [-0.3, -0.25) is 19.5 Å². The normalized spacial score (nSPS) is 27.1. The monoisotopic (exact) mass is 510 g/mol. The summed E-state index contributed by atoms with van der Waals surface area (Å²) < 4.78 is 0. The van der Waals surface area contributed by atoms with Crippen LogP contribution in [0.25, 0.3) is 0 Å². The molecule has 5 rings (SSSR count). The smallest absolute Gasteiger partial charge is 0.253 e. The van der Waals surface area contributed by atoms with Crippen molar-refractivity contribution in [1.82, 2.24) is 10.2 Å². The largest absolute Gasteiger partial charge is 0.349 e. The fourth-order valence-electron chi connectivity index (χ4n) is 5.26. The number of carbonyl (C=O) groups is 2. The van der Waals surface area contributed by atoms with E-state index in [4.69, 9.17) is 11.6 Å². The number of piperidine rings is 1. The highest BCUT2D eigenvalue weighted by atomic mass is 35.5. The zero-order chi connectivity index (χ0) is 25.9. The molecule has 36 heavy (non-hydrogen) atoms. The van der Waals surface area contributed by atoms with Crippen molar-refractivity contribution >= 4 is 30.0 Å². The van der Waals surface area contributed by atoms with Crippen molar-refractivity contribution < 1.29 is 9.59 Å². The van der Waals surface area contributed by atoms with Crippen LogP contribution in [0.15, 0.2) is 65.3 Å². The molecule has 0 bridgehead atoms. The van der Waals surface area contributed by atoms with Crippen LogP contribution in [0, 0.1) is 17.8 Å². The molecule has 4 atom stereocenters. The Balaban J connectivity index is 0.000000206. The average molecular weight is 511 g/mol. The minimum Gasteiger partial charge on any atom is -0.349 e. The first kappa shape index (κ1) is 28.0. The van der Waals surface area contributed by atoms with Gasteiger partial charge in [0.15, 0.2) is 0 Å². The number of nitrogens with zero attached hydrogens (tertiary/aromatic N) is 2. The number of aliphatic imine (C=N–C) groups is 1. The predicted molar refractivity (Wildman–Crippen MR) is 148 cm³/mol. The van der Waals surface area contributed by atoms with E-state index in [0.29, 0.717) is 28.1 Å². The maximum atomic E-state index is 12.3. The van der Waals surface area contributed by atoms with E-state index < -0.39 is 0 Å². The van der Waals surface area contributed by atoms with Crippen LogP contribution in [0.2, 0.25) is 5.02 Å². The SMILES string of the molecule is CC1CCN(C2C=CN=CC2)CC1.CN.O=CC1=CC2C(C=C1)CCC2NC(=O)c1ccccc1Cl. The number of fused-ring (bicyclic) bond motifs is 1. The number of aldehydes is 1. The lowest BCUT2D eigenvalue weighted by Crippen LogP contribution is -2.40. The highest BCUT2D eigenvalue weighted by Crippen LogP contribution is 2.37. The van der Waals surface area contributed by atoms with Crippen LogP contribution in [0.4, 0.5) is 0 Å². The first-order valence-electron chi connectivity index (χ1n) is 13.0. The Labute approximate surface area is 220 Å². The number of rotatable bonds is 4. The van der Waals surface area contributed by atoms with Crippen molar-refractivity contribution in [3.8, 4) is 0 Å². The third-order valence-electron chi connectivity index (χ3n) is 7.40. The van der Waals surface area contributed by atoms with Crippen molar-refractivity contribution in [2.45, 2.75) is 51.1 Å². The second kappa shape index (κ2) is 14.3. The second-order valence-corrected chi connectivity index (χ2v) is 10.1. The molecule has 1 amide bonds. The van der Waals surface area contributed by atoms with E-state index in [1.54, 1.807) is 24.3 Å². The van der Waals surface area contributed by atoms with Gasteiger partial charge < -0.3 is 11.1 Å². The number of benzene rings is 1. The molecule has 0 radical (unpaired) electrons. The summed E-state index contributed by atoms with van der Waals surface area (Å²) in [7, 11) is 1.50. The van der Waals surface area contributed by atoms with Crippen LogP contribution < -0.4 is 11.1 Å². The molecule has 3 N–H and O–H groups in total. The Hall–Kier alpha value is -2.54. The number of hydrogen-bond acceptors (Lipinski definition) is 5. The van der Waals surface area contributed by atoms with Gasteiger partial charge in [0.2, 0.25) is 0 Å². The first-order chi connectivity index (χ1) is 17.5. The number of amides is 1. The third kappa shape index (κ3) is 7.48. The van der Waals surface area contributed by atoms with Gasteiger partial charge in [0, 0.05) is 42.4 Å². The van der Waals surface area contributed by atoms with Crippen LogP contribution in [-0.4, -0.2) is 55.5 Å². The molecule has 194 valence electrons. The zero-order valence-electron chi connectivity index (χ0n) is 21.4. The van der Waals surface area contributed by atoms with E-state index >= 15 is 0 Å². The molecule has 1 aromatic rings. The van der Waals surface area contributed by atoms with Crippen LogP contribution in [0.1, 0.15) is 49.4 Å². The van der Waals surface area contributed by atoms with Crippen LogP contribution in [0.5, 0.6) is 0 Å². The Bertz CT molecular complexity index is 995. The molecular formula is C29H39ClN4O2. The zero-order valence-corrected chi connectivity index (χ0v) is 22.1. The molecule has 1 saturated carbocycles. The van der Waals surface area contributed by atoms with E-state index in [1.807, 2.05) is 24.6 Å². The van der Waals surface area contributed by atoms with E-state index in [-0.39, 0.29) is 17.9 Å². The lowest BCUT2D eigenvalue weighted by Gasteiger charge is -2.35. The third-order valence-corrected chi connectivity index (χ3v) is 7.73. The molecule has 2 aliphatic heterocycles. The van der Waals surface area contributed by atoms with Crippen LogP contribution in [0.3, 0.4) is 0 Å². The number of likely N-dealkylation sites (tertiary alicyclic amines) is 1. The van der Waals surface area contributed by atoms with Gasteiger partial charge in [0.25, 0.3) is 5.91 Å². The highest BCUT2D eigenvalue weighted by molar-refractivity contribution is 6.33. The van der Waals surface area contributed by atoms with Crippen LogP contribution >= 0.6 is 11.6 Å². The van der Waals surface area contributed by atoms with Gasteiger partial charge in [-0.1, -0.05) is 48.9 Å². The summed E-state index contributed by atoms with van der Waals surface area (Å²) in [6.07, 6.45) is 18.7. The van der Waals surface area contributed by atoms with Gasteiger partial charge in [0.1, 0.15) is 6.29 Å². The molecule has 0 spiro atoms. The van der Waals surface area contributed by atoms with Crippen molar-refractivity contribution in [1.29, 1.82) is 0 Å². The Morgan fingerprint density at radius 2 is 1.89 bits per heavy atom. The molecule has 4 aliphatic rings. The summed E-state index contributed by atoms with van der Waals surface area (Å²) in [6, 6.07) is 7.71. The van der Waals surface area contributed by atoms with Crippen molar-refractivity contribution in [3.05, 3.63) is 70.9 Å². The van der Waals surface area contributed by atoms with Crippen molar-refractivity contribution in [2.75, 3.05) is 20.1 Å². The summed E-state index contributed by atoms with van der Waals surface area (Å²) in [5.74, 6) is 1.38. The summed E-state index contributed by atoms with van der Waals surface area (Å²) in [4.78, 5) is 30.0. The standard InChI is InChI=1S/C17H16ClNO2.C11H18N2.CH5N/c18-15-4-2-1-3-13(15)17(21)19-16-8-7-12-6-5-11(10-20)9-14(12)16;1-10-4-8-13(9-5-10)11-2-6-12-7-3-11;1-2/h1-6,9-10,12,14,16H,7-8H2,(H,19,21);2,6-7,10-11H,3-5,8-9H2,1H3;2H2,1H3. The lowest BCUT2D eigenvalue weighted by molar-refractivity contribution is -0.104. The first-order valence-corrected chi connectivity index (χ1v) is 13.3. The number of hydrogen-bond donors (Lipinski definition) is 2. The fraction of sp³-hybridized carbons (Fsp3) is 0.483. The quantitative estimate of drug-likeness (QED) is 0.569. The summed E-state index contributed by atoms with van der Waals surface area (Å²) in [5.41, 5.74) is 5.68. The average Bonchev–Trinajstić information content (AvgIpc) is 3.33. The Kier molecular flexibility index (Phi) is 11.1. The van der Waals surface area contributed by atoms with E-state index in [0.717, 1.165) is 31.5 Å². The van der Waals surface area contributed by atoms with Gasteiger partial charge in [-0.15, -0.1) is 0 Å². The van der Waals surface area contributed by atoms with E-state index in [9.17, 15) is 9.59 Å². The molecule has 1 aromatic carbocycles. The second-order valence-electron chi connectivity index (χ2n) is 9.72. The fourth-order valence-corrected chi connectivity index (χ4v) is 5.48. The van der Waals surface area contributed by atoms with E-state index in [1.165, 1.54) is 33.0 Å². The Morgan fingerprint density at radius 3 is 2.56 bits per heavy atom. The number of nitrogens with two attached hydrogens (primary N) is 1. The topological polar surface area (TPSA) is 87.8 Å². The van der Waals surface area contributed by atoms with Crippen molar-refractivity contribution in [2.24, 2.45) is 28.5 Å². The lowest BCUT2D eigenvalue weighted by atomic mass is 9.87. The number of carbonyl (C=O) groups excluding carboxylic acids is 2. The van der Waals surface area contributed by atoms with Crippen molar-refractivity contribution in [3.63, 3.8) is 0 Å². The molecule has 2 fully saturated rings. The molecule has 4 unspecified atom stereocenters. The molecular weight excluding hydrogens is 472 g/mol. The molecule has 0 aromatic heterocycles. The molecule has 7 heteroatoms. The van der Waals surface area contributed by atoms with Gasteiger partial charge >= 0.3 is 0 Å². The molecule has 2 aliphatic carbocycles. The Morgan fingerprint density at radius 1 is 1.14 bits per heavy atom. The number of allylic oxidation sites excluding steroid dienone is 3. The predicted octanol–water partition coefficient (Wildman–Crippen LogP) is 4.81. The maximum Gasteiger partial charge on any atom is 0.253 e. The highest BCUT2D eigenvalue weighted by Gasteiger charge is 2.36. The molecule has 2 heterocycles. The summed E-state index contributed by atoms with van der Waals surface area (Å²) in [6.45, 7) is 4.89. The summed E-state index contributed by atoms with van der Waals surface area (Å²) in [5, 5.41) is 3.52. The number of nitrogens with one attached hydrogen (secondary N) is 1. The van der Waals surface area contributed by atoms with E-state index in [2.05, 4.69) is 40.0 Å². The van der Waals surface area contributed by atoms with Gasteiger partial charge in [-0.25, -0.2) is 0 Å². The minimum absolute atomic E-state index is 0.0543. The molecule has 1 saturated heterocycles. The molecule has 6 nitrogen and oxygen atoms in total. The van der Waals surface area contributed by atoms with Gasteiger partial charge in [-0.05, 0) is 75.9 Å². The van der Waals surface area contributed by atoms with Crippen LogP contribution in [-0.2, 0) is 4.79 Å². The maximum absolute atomic E-state index is 12.3. The number of halogens is 1. The van der Waals surface area contributed by atoms with Gasteiger partial charge in [0.05, 0.1) is 10.6 Å². The van der Waals surface area contributed by atoms with Gasteiger partial charge in [-0.2, -0.15) is 0 Å². The minimum atomic E-state index is -0.151.